The van der Waals surface area contributed by atoms with Crippen molar-refractivity contribution in [1.82, 2.24) is 0 Å². The van der Waals surface area contributed by atoms with E-state index in [0.29, 0.717) is 35.5 Å². The molecule has 4 bridgehead atoms. The molecule has 16 atom stereocenters. The van der Waals surface area contributed by atoms with Crippen LogP contribution in [0.1, 0.15) is 101 Å². The molecule has 2 unspecified atom stereocenters. The fourth-order valence-electron chi connectivity index (χ4n) is 11.2. The van der Waals surface area contributed by atoms with Crippen LogP contribution in [0.5, 0.6) is 0 Å². The van der Waals surface area contributed by atoms with Crippen LogP contribution in [0.3, 0.4) is 0 Å². The van der Waals surface area contributed by atoms with Gasteiger partial charge >= 0.3 is 0 Å². The van der Waals surface area contributed by atoms with Crippen LogP contribution in [0.25, 0.3) is 0 Å². The molecule has 0 amide bonds. The largest absolute Gasteiger partial charge is 0.338 e. The third kappa shape index (κ3) is 2.95. The summed E-state index contributed by atoms with van der Waals surface area (Å²) in [6.45, 7) is 15.7. The first-order chi connectivity index (χ1) is 17.9. The van der Waals surface area contributed by atoms with Gasteiger partial charge in [0.1, 0.15) is 11.2 Å². The summed E-state index contributed by atoms with van der Waals surface area (Å²) < 4.78 is 47.8. The summed E-state index contributed by atoms with van der Waals surface area (Å²) in [7, 11) is 0. The normalized spacial score (nSPS) is 66.2. The van der Waals surface area contributed by atoms with E-state index in [1.807, 2.05) is 0 Å². The predicted molar refractivity (Wildman–Crippen MR) is 139 cm³/mol. The van der Waals surface area contributed by atoms with Gasteiger partial charge in [-0.1, -0.05) is 27.7 Å². The lowest BCUT2D eigenvalue weighted by atomic mass is 9.55. The average Bonchev–Trinajstić information content (AvgIpc) is 3.17. The monoisotopic (exact) mass is 534 g/mol. The highest BCUT2D eigenvalue weighted by molar-refractivity contribution is 5.18. The third-order valence-electron chi connectivity index (χ3n) is 12.9. The van der Waals surface area contributed by atoms with Gasteiger partial charge < -0.3 is 33.2 Å². The predicted octanol–water partition coefficient (Wildman–Crippen LogP) is 6.19. The number of hydrogen-bond donors (Lipinski definition) is 0. The molecule has 6 aliphatic heterocycles. The molecule has 2 saturated carbocycles. The molecule has 7 heteroatoms. The second kappa shape index (κ2) is 7.76. The highest BCUT2D eigenvalue weighted by Gasteiger charge is 2.77. The molecule has 6 saturated heterocycles. The Balaban J connectivity index is 0.00000253. The van der Waals surface area contributed by atoms with Crippen LogP contribution in [0, 0.1) is 47.3 Å². The Hall–Kier alpha value is -0.280. The average molecular weight is 535 g/mol. The van der Waals surface area contributed by atoms with Crippen LogP contribution in [0.2, 0.25) is 0 Å². The maximum Gasteiger partial charge on any atom is 0.201 e. The maximum absolute atomic E-state index is 6.95. The highest BCUT2D eigenvalue weighted by atomic mass is 16.9. The van der Waals surface area contributed by atoms with Crippen LogP contribution in [-0.4, -0.2) is 47.4 Å². The minimum Gasteiger partial charge on any atom is -0.338 e. The van der Waals surface area contributed by atoms with Crippen molar-refractivity contribution < 1.29 is 34.6 Å². The molecule has 0 aromatic carbocycles. The maximum atomic E-state index is 6.95. The summed E-state index contributed by atoms with van der Waals surface area (Å²) in [5, 5.41) is 0. The van der Waals surface area contributed by atoms with Crippen LogP contribution < -0.4 is 0 Å². The Bertz CT molecular complexity index is 1010. The first-order valence-electron chi connectivity index (χ1n) is 15.7. The molecule has 38 heavy (non-hydrogen) atoms. The summed E-state index contributed by atoms with van der Waals surface area (Å²) in [5.74, 6) is 1.18. The highest BCUT2D eigenvalue weighted by Crippen LogP contribution is 2.68. The zero-order chi connectivity index (χ0) is 26.5. The second-order valence-corrected chi connectivity index (χ2v) is 15.1. The lowest BCUT2D eigenvalue weighted by Crippen LogP contribution is -2.71. The van der Waals surface area contributed by atoms with Crippen molar-refractivity contribution in [1.29, 1.82) is 0 Å². The zero-order valence-corrected chi connectivity index (χ0v) is 24.4. The van der Waals surface area contributed by atoms with Crippen molar-refractivity contribution in [3.05, 3.63) is 0 Å². The van der Waals surface area contributed by atoms with Gasteiger partial charge in [0.15, 0.2) is 30.4 Å². The minimum absolute atomic E-state index is 0. The van der Waals surface area contributed by atoms with E-state index in [4.69, 9.17) is 33.2 Å². The van der Waals surface area contributed by atoms with E-state index in [1.165, 1.54) is 12.8 Å². The van der Waals surface area contributed by atoms with Gasteiger partial charge in [-0.25, -0.2) is 0 Å². The minimum atomic E-state index is -0.832. The molecule has 6 heterocycles. The Labute approximate surface area is 229 Å². The van der Waals surface area contributed by atoms with E-state index in [-0.39, 0.29) is 25.2 Å². The summed E-state index contributed by atoms with van der Waals surface area (Å²) in [6, 6.07) is 0. The molecule has 216 valence electrons. The fraction of sp³-hybridized carbons (Fsp3) is 1.00. The van der Waals surface area contributed by atoms with Gasteiger partial charge in [-0.05, 0) is 83.0 Å². The van der Waals surface area contributed by atoms with Gasteiger partial charge in [-0.2, -0.15) is 0 Å². The smallest absolute Gasteiger partial charge is 0.201 e. The van der Waals surface area contributed by atoms with Gasteiger partial charge in [0, 0.05) is 37.9 Å². The van der Waals surface area contributed by atoms with Crippen LogP contribution in [-0.2, 0) is 33.2 Å². The SMILES string of the molecule is C[C@@H]1[C@@H](O[C@H]2O[C@]3(C)OC4(C)CC[C@H]5[C@H](C)CC[C@@H]([C@@H]2C)[C@]53O4)O[C@@H]2OC3(C)CC[C@H]4[C@H](C)CC[C@@H]1[C@@]24O3.[HH]. The van der Waals surface area contributed by atoms with Crippen molar-refractivity contribution in [2.24, 2.45) is 47.3 Å². The summed E-state index contributed by atoms with van der Waals surface area (Å²) in [6.07, 6.45) is 7.58. The quantitative estimate of drug-likeness (QED) is 0.418. The van der Waals surface area contributed by atoms with E-state index < -0.39 is 35.5 Å². The Morgan fingerprint density at radius 1 is 0.632 bits per heavy atom. The number of fused-ring (bicyclic) bond motifs is 2. The molecule has 0 aromatic rings. The molecule has 8 fully saturated rings. The van der Waals surface area contributed by atoms with Crippen molar-refractivity contribution in [3.8, 4) is 0 Å². The number of hydrogen-bond acceptors (Lipinski definition) is 7. The summed E-state index contributed by atoms with van der Waals surface area (Å²) in [4.78, 5) is 0. The van der Waals surface area contributed by atoms with Crippen molar-refractivity contribution in [3.63, 3.8) is 0 Å². The molecule has 2 aliphatic carbocycles. The summed E-state index contributed by atoms with van der Waals surface area (Å²) in [5.41, 5.74) is -0.777. The van der Waals surface area contributed by atoms with Gasteiger partial charge in [0.05, 0.1) is 0 Å². The molecular weight excluding hydrogens is 484 g/mol. The van der Waals surface area contributed by atoms with E-state index in [2.05, 4.69) is 48.5 Å². The third-order valence-corrected chi connectivity index (χ3v) is 12.9. The van der Waals surface area contributed by atoms with Gasteiger partial charge in [-0.15, -0.1) is 0 Å². The molecule has 0 radical (unpaired) electrons. The van der Waals surface area contributed by atoms with Crippen LogP contribution in [0.15, 0.2) is 0 Å². The second-order valence-electron chi connectivity index (χ2n) is 15.1. The molecule has 0 N–H and O–H groups in total. The molecule has 2 spiro atoms. The van der Waals surface area contributed by atoms with Gasteiger partial charge in [0.2, 0.25) is 5.79 Å². The Morgan fingerprint density at radius 2 is 1.29 bits per heavy atom. The lowest BCUT2D eigenvalue weighted by Gasteiger charge is -2.62. The Kier molecular flexibility index (Phi) is 5.19. The lowest BCUT2D eigenvalue weighted by molar-refractivity contribution is -0.425. The zero-order valence-electron chi connectivity index (χ0n) is 24.4. The van der Waals surface area contributed by atoms with Crippen molar-refractivity contribution >= 4 is 0 Å². The molecule has 8 aliphatic rings. The van der Waals surface area contributed by atoms with E-state index in [9.17, 15) is 0 Å². The van der Waals surface area contributed by atoms with Gasteiger partial charge in [0.25, 0.3) is 0 Å². The van der Waals surface area contributed by atoms with Crippen LogP contribution >= 0.6 is 0 Å². The van der Waals surface area contributed by atoms with Crippen molar-refractivity contribution in [2.75, 3.05) is 0 Å². The fourth-order valence-corrected chi connectivity index (χ4v) is 11.2. The van der Waals surface area contributed by atoms with E-state index >= 15 is 0 Å². The Morgan fingerprint density at radius 3 is 2.08 bits per heavy atom. The van der Waals surface area contributed by atoms with Crippen LogP contribution in [0.4, 0.5) is 0 Å². The van der Waals surface area contributed by atoms with E-state index in [0.717, 1.165) is 38.5 Å². The number of rotatable bonds is 2. The first kappa shape index (κ1) is 25.4. The molecule has 0 aromatic heterocycles. The first-order valence-corrected chi connectivity index (χ1v) is 15.7. The topological polar surface area (TPSA) is 64.6 Å². The van der Waals surface area contributed by atoms with Gasteiger partial charge in [-0.3, -0.25) is 0 Å². The molecule has 7 nitrogen and oxygen atoms in total. The molecular formula is C31H50O7. The standard InChI is InChI=1S/C31H48O7.H2/c1-16-8-10-22-18(3)24(33-26-30(22)20(16)12-14-27(5,35-26)37-30)32-25-19(4)23-11-9-17(2)21-13-15-28(6)36-29(7,34-25)31(21,23)38-28;/h16-26H,8-15H2,1-7H3;1H/t16-,17-,18+,19+,20+,21+,22+,23+,24+,25+,26-,27?,28?,29-,30-,31-;/m1./s1. The van der Waals surface area contributed by atoms with Crippen molar-refractivity contribution in [2.45, 2.75) is 147 Å². The number of ether oxygens (including phenoxy) is 7. The van der Waals surface area contributed by atoms with E-state index in [1.54, 1.807) is 0 Å². The summed E-state index contributed by atoms with van der Waals surface area (Å²) >= 11 is 0. The molecule has 8 rings (SSSR count).